The molecule has 2 aromatic rings. The van der Waals surface area contributed by atoms with Crippen molar-refractivity contribution in [2.24, 2.45) is 0 Å². The van der Waals surface area contributed by atoms with Crippen LogP contribution in [0.2, 0.25) is 0 Å². The van der Waals surface area contributed by atoms with Gasteiger partial charge in [-0.05, 0) is 6.07 Å². The standard InChI is InChI=1S/C10H15N4O14P3/c11-10-12-6-3(7(17)13-10)1-2-14(6)8-4(15)5(16)9(25-8)26-30(21,22)28-31(23,24)27-29(18,19)20/h1-2,4-5,8-9,15-16H,(H,21,22)(H,23,24)(H2,18,19,20)(H3,11,12,13,17). The molecule has 0 spiro atoms. The quantitative estimate of drug-likeness (QED) is 0.192. The van der Waals surface area contributed by atoms with Crippen LogP contribution in [0, 0.1) is 0 Å². The fraction of sp³-hybridized carbons (Fsp3) is 0.400. The molecular weight excluding hydrogens is 493 g/mol. The molecule has 2 aromatic heterocycles. The van der Waals surface area contributed by atoms with Crippen molar-refractivity contribution in [3.63, 3.8) is 0 Å². The number of nitrogens with zero attached hydrogens (tertiary/aromatic N) is 2. The molecule has 1 fully saturated rings. The zero-order valence-electron chi connectivity index (χ0n) is 14.7. The lowest BCUT2D eigenvalue weighted by Gasteiger charge is -2.20. The van der Waals surface area contributed by atoms with E-state index in [0.29, 0.717) is 0 Å². The lowest BCUT2D eigenvalue weighted by molar-refractivity contribution is -0.133. The molecule has 0 bridgehead atoms. The van der Waals surface area contributed by atoms with Gasteiger partial charge in [0.1, 0.15) is 12.2 Å². The number of phosphoric ester groups is 1. The number of rotatable bonds is 7. The summed E-state index contributed by atoms with van der Waals surface area (Å²) in [7, 11) is -17.1. The molecule has 0 aliphatic carbocycles. The number of aliphatic hydroxyl groups is 2. The Bertz CT molecular complexity index is 1190. The van der Waals surface area contributed by atoms with E-state index in [4.69, 9.17) is 25.2 Å². The van der Waals surface area contributed by atoms with Gasteiger partial charge in [0, 0.05) is 6.20 Å². The third-order valence-electron chi connectivity index (χ3n) is 3.72. The number of aromatic amines is 1. The number of fused-ring (bicyclic) bond motifs is 1. The van der Waals surface area contributed by atoms with Crippen molar-refractivity contribution in [3.8, 4) is 0 Å². The molecule has 1 aliphatic heterocycles. The van der Waals surface area contributed by atoms with Crippen LogP contribution in [-0.2, 0) is 31.6 Å². The molecule has 0 amide bonds. The highest BCUT2D eigenvalue weighted by Crippen LogP contribution is 2.66. The monoisotopic (exact) mass is 508 g/mol. The summed E-state index contributed by atoms with van der Waals surface area (Å²) in [5.74, 6) is -0.282. The molecule has 0 radical (unpaired) electrons. The molecule has 3 rings (SSSR count). The zero-order valence-corrected chi connectivity index (χ0v) is 17.4. The molecule has 6 atom stereocenters. The Morgan fingerprint density at radius 3 is 2.35 bits per heavy atom. The Morgan fingerprint density at radius 2 is 1.74 bits per heavy atom. The zero-order chi connectivity index (χ0) is 23.4. The van der Waals surface area contributed by atoms with E-state index in [0.717, 1.165) is 4.57 Å². The molecule has 21 heteroatoms. The third kappa shape index (κ3) is 5.47. The highest BCUT2D eigenvalue weighted by Gasteiger charge is 2.50. The average molecular weight is 508 g/mol. The van der Waals surface area contributed by atoms with Gasteiger partial charge in [0.05, 0.1) is 5.39 Å². The number of aliphatic hydroxyl groups excluding tert-OH is 2. The molecule has 0 saturated carbocycles. The van der Waals surface area contributed by atoms with Crippen LogP contribution in [0.5, 0.6) is 0 Å². The highest BCUT2D eigenvalue weighted by molar-refractivity contribution is 7.66. The number of hydrogen-bond acceptors (Lipinski definition) is 12. The van der Waals surface area contributed by atoms with Gasteiger partial charge in [-0.3, -0.25) is 14.3 Å². The average Bonchev–Trinajstić information content (AvgIpc) is 3.07. The lowest BCUT2D eigenvalue weighted by atomic mass is 10.2. The number of anilines is 1. The summed E-state index contributed by atoms with van der Waals surface area (Å²) in [5, 5.41) is 20.3. The fourth-order valence-electron chi connectivity index (χ4n) is 2.64. The SMILES string of the molecule is Nc1nc2c(ccn2C2OC(OP(=O)(O)OP(=O)(O)OP(=O)(O)O)C(O)C2O)c(=O)[nH]1. The normalized spacial score (nSPS) is 28.5. The minimum absolute atomic E-state index is 0.0239. The number of ether oxygens (including phenoxy) is 1. The number of nitrogen functional groups attached to an aromatic ring is 1. The van der Waals surface area contributed by atoms with Crippen LogP contribution in [0.4, 0.5) is 5.95 Å². The number of nitrogens with two attached hydrogens (primary N) is 1. The number of hydrogen-bond donors (Lipinski definition) is 8. The summed E-state index contributed by atoms with van der Waals surface area (Å²) in [4.78, 5) is 53.7. The van der Waals surface area contributed by atoms with E-state index in [1.54, 1.807) is 0 Å². The van der Waals surface area contributed by atoms with Crippen LogP contribution in [0.25, 0.3) is 11.0 Å². The van der Waals surface area contributed by atoms with Crippen molar-refractivity contribution in [2.75, 3.05) is 5.73 Å². The van der Waals surface area contributed by atoms with Crippen molar-refractivity contribution in [1.82, 2.24) is 14.5 Å². The lowest BCUT2D eigenvalue weighted by Crippen LogP contribution is -2.32. The van der Waals surface area contributed by atoms with E-state index < -0.39 is 53.8 Å². The van der Waals surface area contributed by atoms with E-state index in [2.05, 4.69) is 23.1 Å². The number of nitrogens with one attached hydrogen (secondary N) is 1. The molecule has 6 unspecified atom stereocenters. The minimum atomic E-state index is -5.80. The van der Waals surface area contributed by atoms with Crippen molar-refractivity contribution < 1.29 is 61.4 Å². The largest absolute Gasteiger partial charge is 0.490 e. The van der Waals surface area contributed by atoms with Gasteiger partial charge in [-0.1, -0.05) is 0 Å². The van der Waals surface area contributed by atoms with E-state index in [1.165, 1.54) is 12.3 Å². The Labute approximate surface area is 170 Å². The van der Waals surface area contributed by atoms with Crippen molar-refractivity contribution in [2.45, 2.75) is 24.7 Å². The molecule has 0 aromatic carbocycles. The van der Waals surface area contributed by atoms with Gasteiger partial charge >= 0.3 is 23.5 Å². The number of H-pyrrole nitrogens is 1. The van der Waals surface area contributed by atoms with Crippen LogP contribution >= 0.6 is 23.5 Å². The molecule has 1 aliphatic rings. The topological polar surface area (TPSA) is 286 Å². The summed E-state index contributed by atoms with van der Waals surface area (Å²) in [5.41, 5.74) is 4.75. The van der Waals surface area contributed by atoms with Crippen molar-refractivity contribution in [1.29, 1.82) is 0 Å². The maximum atomic E-state index is 11.9. The fourth-order valence-corrected chi connectivity index (χ4v) is 5.74. The second kappa shape index (κ2) is 8.13. The molecule has 1 saturated heterocycles. The summed E-state index contributed by atoms with van der Waals surface area (Å²) in [6.07, 6.45) is -6.34. The van der Waals surface area contributed by atoms with Gasteiger partial charge in [0.25, 0.3) is 5.56 Å². The Hall–Kier alpha value is -1.49. The Kier molecular flexibility index (Phi) is 6.34. The number of phosphoric acid groups is 3. The maximum absolute atomic E-state index is 11.9. The van der Waals surface area contributed by atoms with Gasteiger partial charge in [-0.25, -0.2) is 13.7 Å². The maximum Gasteiger partial charge on any atom is 0.490 e. The molecule has 9 N–H and O–H groups in total. The predicted molar refractivity (Wildman–Crippen MR) is 95.6 cm³/mol. The van der Waals surface area contributed by atoms with Crippen LogP contribution in [0.15, 0.2) is 17.1 Å². The first kappa shape index (κ1) is 24.2. The third-order valence-corrected chi connectivity index (χ3v) is 7.52. The summed E-state index contributed by atoms with van der Waals surface area (Å²) >= 11 is 0. The summed E-state index contributed by atoms with van der Waals surface area (Å²) < 4.78 is 51.6. The van der Waals surface area contributed by atoms with E-state index in [9.17, 15) is 33.6 Å². The minimum Gasteiger partial charge on any atom is -0.385 e. The number of aromatic nitrogens is 3. The first-order chi connectivity index (χ1) is 14.1. The van der Waals surface area contributed by atoms with Crippen molar-refractivity contribution >= 4 is 40.4 Å². The smallest absolute Gasteiger partial charge is 0.385 e. The first-order valence-electron chi connectivity index (χ1n) is 7.79. The van der Waals surface area contributed by atoms with Gasteiger partial charge in [-0.15, -0.1) is 0 Å². The predicted octanol–water partition coefficient (Wildman–Crippen LogP) is -1.77. The van der Waals surface area contributed by atoms with Crippen LogP contribution in [-0.4, -0.2) is 62.8 Å². The van der Waals surface area contributed by atoms with Gasteiger partial charge in [0.2, 0.25) is 5.95 Å². The van der Waals surface area contributed by atoms with E-state index in [-0.39, 0.29) is 17.0 Å². The van der Waals surface area contributed by atoms with Crippen LogP contribution in [0.1, 0.15) is 6.23 Å². The highest BCUT2D eigenvalue weighted by atomic mass is 31.3. The Balaban J connectivity index is 1.81. The van der Waals surface area contributed by atoms with Gasteiger partial charge in [-0.2, -0.15) is 13.6 Å². The molecular formula is C10H15N4O14P3. The van der Waals surface area contributed by atoms with Gasteiger partial charge < -0.3 is 44.8 Å². The summed E-state index contributed by atoms with van der Waals surface area (Å²) in [6, 6.07) is 1.28. The first-order valence-corrected chi connectivity index (χ1v) is 12.3. The van der Waals surface area contributed by atoms with Crippen molar-refractivity contribution in [3.05, 3.63) is 22.6 Å². The van der Waals surface area contributed by atoms with Gasteiger partial charge in [0.15, 0.2) is 18.2 Å². The molecule has 174 valence electrons. The molecule has 3 heterocycles. The van der Waals surface area contributed by atoms with E-state index >= 15 is 0 Å². The second-order valence-electron chi connectivity index (χ2n) is 5.98. The Morgan fingerprint density at radius 1 is 1.10 bits per heavy atom. The van der Waals surface area contributed by atoms with Crippen LogP contribution < -0.4 is 11.3 Å². The molecule has 31 heavy (non-hydrogen) atoms. The van der Waals surface area contributed by atoms with Crippen LogP contribution in [0.3, 0.4) is 0 Å². The second-order valence-corrected chi connectivity index (χ2v) is 10.4. The molecule has 18 nitrogen and oxygen atoms in total. The summed E-state index contributed by atoms with van der Waals surface area (Å²) in [6.45, 7) is 0. The van der Waals surface area contributed by atoms with E-state index in [1.807, 2.05) is 0 Å².